The number of amides is 3. The number of fused-ring (bicyclic) bond motifs is 2. The SMILES string of the molecule is N#C[C@@H]1CCCN1C(=O)[C@@H](N)C1C[C@@H]2CC[C@@H](C1)N2C(=O)Nc1ccc(C(F)(F)F)cc1. The van der Waals surface area contributed by atoms with Crippen molar-refractivity contribution in [3.63, 3.8) is 0 Å². The number of carbonyl (C=O) groups excluding carboxylic acids is 2. The molecular formula is C22H26F3N5O2. The second-order valence-electron chi connectivity index (χ2n) is 8.87. The maximum Gasteiger partial charge on any atom is 0.416 e. The highest BCUT2D eigenvalue weighted by atomic mass is 19.4. The van der Waals surface area contributed by atoms with Crippen LogP contribution >= 0.6 is 0 Å². The van der Waals surface area contributed by atoms with Crippen LogP contribution in [0.2, 0.25) is 0 Å². The van der Waals surface area contributed by atoms with Crippen molar-refractivity contribution in [3.8, 4) is 6.07 Å². The summed E-state index contributed by atoms with van der Waals surface area (Å²) >= 11 is 0. The van der Waals surface area contributed by atoms with Gasteiger partial charge in [-0.25, -0.2) is 4.79 Å². The summed E-state index contributed by atoms with van der Waals surface area (Å²) < 4.78 is 38.2. The average molecular weight is 449 g/mol. The van der Waals surface area contributed by atoms with Crippen molar-refractivity contribution in [2.75, 3.05) is 11.9 Å². The lowest BCUT2D eigenvalue weighted by Gasteiger charge is -2.41. The molecule has 3 N–H and O–H groups in total. The summed E-state index contributed by atoms with van der Waals surface area (Å²) in [5.74, 6) is -0.267. The fraction of sp³-hybridized carbons (Fsp3) is 0.591. The number of halogens is 3. The highest BCUT2D eigenvalue weighted by molar-refractivity contribution is 5.90. The number of nitrogens with zero attached hydrogens (tertiary/aromatic N) is 3. The van der Waals surface area contributed by atoms with Crippen LogP contribution in [0, 0.1) is 17.2 Å². The summed E-state index contributed by atoms with van der Waals surface area (Å²) in [5.41, 5.74) is 5.85. The summed E-state index contributed by atoms with van der Waals surface area (Å²) in [6.45, 7) is 0.548. The molecule has 3 fully saturated rings. The Labute approximate surface area is 184 Å². The Morgan fingerprint density at radius 1 is 1.12 bits per heavy atom. The summed E-state index contributed by atoms with van der Waals surface area (Å²) in [7, 11) is 0. The van der Waals surface area contributed by atoms with Crippen LogP contribution in [0.25, 0.3) is 0 Å². The van der Waals surface area contributed by atoms with Crippen molar-refractivity contribution in [3.05, 3.63) is 29.8 Å². The molecule has 1 aromatic carbocycles. The first-order valence-electron chi connectivity index (χ1n) is 10.9. The second-order valence-corrected chi connectivity index (χ2v) is 8.87. The van der Waals surface area contributed by atoms with Gasteiger partial charge in [-0.05, 0) is 68.7 Å². The number of urea groups is 1. The van der Waals surface area contributed by atoms with Crippen molar-refractivity contribution in [1.29, 1.82) is 5.26 Å². The number of alkyl halides is 3. The van der Waals surface area contributed by atoms with Gasteiger partial charge in [0.2, 0.25) is 5.91 Å². The zero-order chi connectivity index (χ0) is 23.0. The number of benzene rings is 1. The number of piperidine rings is 1. The smallest absolute Gasteiger partial charge is 0.325 e. The molecule has 0 unspecified atom stereocenters. The number of hydrogen-bond acceptors (Lipinski definition) is 4. The predicted octanol–water partition coefficient (Wildman–Crippen LogP) is 3.32. The van der Waals surface area contributed by atoms with E-state index in [9.17, 15) is 28.0 Å². The Morgan fingerprint density at radius 3 is 2.31 bits per heavy atom. The third kappa shape index (κ3) is 4.26. The lowest BCUT2D eigenvalue weighted by molar-refractivity contribution is -0.137. The van der Waals surface area contributed by atoms with Crippen molar-refractivity contribution < 1.29 is 22.8 Å². The number of nitrogens with one attached hydrogen (secondary N) is 1. The largest absolute Gasteiger partial charge is 0.416 e. The fourth-order valence-corrected chi connectivity index (χ4v) is 5.33. The molecule has 4 rings (SSSR count). The molecule has 1 aromatic rings. The molecule has 3 saturated heterocycles. The summed E-state index contributed by atoms with van der Waals surface area (Å²) in [6.07, 6.45) is -0.181. The van der Waals surface area contributed by atoms with Gasteiger partial charge in [-0.3, -0.25) is 4.79 Å². The van der Waals surface area contributed by atoms with E-state index in [4.69, 9.17) is 5.73 Å². The molecule has 0 saturated carbocycles. The molecule has 2 bridgehead atoms. The van der Waals surface area contributed by atoms with Crippen LogP contribution < -0.4 is 11.1 Å². The van der Waals surface area contributed by atoms with Gasteiger partial charge in [0.1, 0.15) is 6.04 Å². The summed E-state index contributed by atoms with van der Waals surface area (Å²) in [6, 6.07) is 4.92. The van der Waals surface area contributed by atoms with Crippen molar-refractivity contribution in [2.45, 2.75) is 68.9 Å². The van der Waals surface area contributed by atoms with Crippen molar-refractivity contribution in [2.24, 2.45) is 11.7 Å². The number of nitriles is 1. The summed E-state index contributed by atoms with van der Waals surface area (Å²) in [4.78, 5) is 29.1. The minimum Gasteiger partial charge on any atom is -0.325 e. The zero-order valence-electron chi connectivity index (χ0n) is 17.5. The predicted molar refractivity (Wildman–Crippen MR) is 110 cm³/mol. The van der Waals surface area contributed by atoms with Gasteiger partial charge in [-0.1, -0.05) is 0 Å². The van der Waals surface area contributed by atoms with Crippen molar-refractivity contribution >= 4 is 17.6 Å². The van der Waals surface area contributed by atoms with Crippen LogP contribution in [0.5, 0.6) is 0 Å². The second kappa shape index (κ2) is 8.62. The highest BCUT2D eigenvalue weighted by Crippen LogP contribution is 2.40. The maximum atomic E-state index is 12.9. The molecule has 3 aliphatic rings. The van der Waals surface area contributed by atoms with E-state index >= 15 is 0 Å². The molecule has 0 spiro atoms. The van der Waals surface area contributed by atoms with Crippen molar-refractivity contribution in [1.82, 2.24) is 9.80 Å². The molecule has 10 heteroatoms. The van der Waals surface area contributed by atoms with Crippen LogP contribution in [0.15, 0.2) is 24.3 Å². The first kappa shape index (κ1) is 22.4. The molecule has 32 heavy (non-hydrogen) atoms. The molecular weight excluding hydrogens is 423 g/mol. The molecule has 0 aromatic heterocycles. The fourth-order valence-electron chi connectivity index (χ4n) is 5.33. The first-order valence-corrected chi connectivity index (χ1v) is 10.9. The summed E-state index contributed by atoms with van der Waals surface area (Å²) in [5, 5.41) is 11.9. The van der Waals surface area contributed by atoms with Crippen LogP contribution in [0.4, 0.5) is 23.7 Å². The molecule has 3 heterocycles. The topological polar surface area (TPSA) is 102 Å². The molecule has 3 amide bonds. The van der Waals surface area contributed by atoms with E-state index in [-0.39, 0.29) is 29.9 Å². The number of anilines is 1. The Bertz CT molecular complexity index is 900. The van der Waals surface area contributed by atoms with Gasteiger partial charge in [0, 0.05) is 24.3 Å². The molecule has 4 atom stereocenters. The van der Waals surface area contributed by atoms with Gasteiger partial charge in [0.05, 0.1) is 17.7 Å². The van der Waals surface area contributed by atoms with Gasteiger partial charge in [0.25, 0.3) is 0 Å². The lowest BCUT2D eigenvalue weighted by atomic mass is 9.84. The van der Waals surface area contributed by atoms with Gasteiger partial charge < -0.3 is 20.9 Å². The number of nitrogens with two attached hydrogens (primary N) is 1. The maximum absolute atomic E-state index is 12.9. The number of hydrogen-bond donors (Lipinski definition) is 2. The Balaban J connectivity index is 1.38. The van der Waals surface area contributed by atoms with Crippen LogP contribution in [-0.2, 0) is 11.0 Å². The van der Waals surface area contributed by atoms with E-state index < -0.39 is 23.8 Å². The van der Waals surface area contributed by atoms with Gasteiger partial charge in [0.15, 0.2) is 0 Å². The van der Waals surface area contributed by atoms with E-state index in [1.54, 1.807) is 9.80 Å². The number of carbonyl (C=O) groups is 2. The first-order chi connectivity index (χ1) is 15.2. The van der Waals surface area contributed by atoms with E-state index in [0.29, 0.717) is 31.5 Å². The molecule has 7 nitrogen and oxygen atoms in total. The van der Waals surface area contributed by atoms with E-state index in [1.165, 1.54) is 12.1 Å². The van der Waals surface area contributed by atoms with E-state index in [1.807, 2.05) is 0 Å². The monoisotopic (exact) mass is 449 g/mol. The van der Waals surface area contributed by atoms with Crippen LogP contribution in [0.3, 0.4) is 0 Å². The van der Waals surface area contributed by atoms with Gasteiger partial charge in [-0.2, -0.15) is 18.4 Å². The van der Waals surface area contributed by atoms with Gasteiger partial charge in [-0.15, -0.1) is 0 Å². The Kier molecular flexibility index (Phi) is 6.03. The van der Waals surface area contributed by atoms with E-state index in [2.05, 4.69) is 11.4 Å². The lowest BCUT2D eigenvalue weighted by Crippen LogP contribution is -2.55. The minimum atomic E-state index is -4.43. The zero-order valence-corrected chi connectivity index (χ0v) is 17.5. The minimum absolute atomic E-state index is 0.0719. The Hall–Kier alpha value is -2.80. The molecule has 0 radical (unpaired) electrons. The van der Waals surface area contributed by atoms with Crippen LogP contribution in [0.1, 0.15) is 44.1 Å². The van der Waals surface area contributed by atoms with E-state index in [0.717, 1.165) is 31.4 Å². The third-order valence-electron chi connectivity index (χ3n) is 6.95. The van der Waals surface area contributed by atoms with Crippen LogP contribution in [-0.4, -0.2) is 52.5 Å². The average Bonchev–Trinajstić information content (AvgIpc) is 3.34. The molecule has 172 valence electrons. The standard InChI is InChI=1S/C22H26F3N5O2/c23-22(24,25)14-3-5-15(6-4-14)28-21(32)30-16-7-8-17(30)11-13(10-16)19(27)20(31)29-9-1-2-18(29)12-26/h3-6,13,16-19H,1-2,7-11,27H2,(H,28,32)/t16-,17-,18-,19-/m0/s1. The Morgan fingerprint density at radius 2 is 1.75 bits per heavy atom. The normalized spacial score (nSPS) is 28.3. The van der Waals surface area contributed by atoms with Gasteiger partial charge >= 0.3 is 12.2 Å². The third-order valence-corrected chi connectivity index (χ3v) is 6.95. The number of likely N-dealkylation sites (tertiary alicyclic amines) is 1. The quantitative estimate of drug-likeness (QED) is 0.739. The molecule has 0 aliphatic carbocycles. The highest BCUT2D eigenvalue weighted by Gasteiger charge is 2.47. The number of rotatable bonds is 3. The molecule has 3 aliphatic heterocycles.